The van der Waals surface area contributed by atoms with Crippen LogP contribution in [0.1, 0.15) is 6.92 Å². The van der Waals surface area contributed by atoms with Crippen molar-refractivity contribution in [2.24, 2.45) is 0 Å². The predicted octanol–water partition coefficient (Wildman–Crippen LogP) is 1.30. The predicted molar refractivity (Wildman–Crippen MR) is 79.6 cm³/mol. The Kier molecular flexibility index (Phi) is 5.09. The Morgan fingerprint density at radius 3 is 2.70 bits per heavy atom. The molecular weight excluding hydrogens is 302 g/mol. The van der Waals surface area contributed by atoms with Gasteiger partial charge in [0.25, 0.3) is 0 Å². The van der Waals surface area contributed by atoms with Gasteiger partial charge in [-0.3, -0.25) is 4.72 Å². The zero-order valence-electron chi connectivity index (χ0n) is 11.2. The van der Waals surface area contributed by atoms with Gasteiger partial charge in [-0.1, -0.05) is 11.6 Å². The van der Waals surface area contributed by atoms with Crippen molar-refractivity contribution in [1.29, 1.82) is 0 Å². The summed E-state index contributed by atoms with van der Waals surface area (Å²) in [4.78, 5) is 0. The summed E-state index contributed by atoms with van der Waals surface area (Å²) in [5.41, 5.74) is 0.428. The molecule has 8 heteroatoms. The molecule has 1 aliphatic heterocycles. The summed E-state index contributed by atoms with van der Waals surface area (Å²) in [5, 5.41) is 3.49. The number of hydrogen-bond donors (Lipinski definition) is 2. The van der Waals surface area contributed by atoms with E-state index >= 15 is 0 Å². The van der Waals surface area contributed by atoms with Crippen molar-refractivity contribution in [3.8, 4) is 5.75 Å². The van der Waals surface area contributed by atoms with Crippen molar-refractivity contribution in [1.82, 2.24) is 9.62 Å². The maximum Gasteiger partial charge on any atom is 0.301 e. The Bertz CT molecular complexity index is 559. The van der Waals surface area contributed by atoms with Gasteiger partial charge in [0.15, 0.2) is 0 Å². The van der Waals surface area contributed by atoms with Gasteiger partial charge in [0, 0.05) is 26.2 Å². The third-order valence-electron chi connectivity index (χ3n) is 2.89. The third-order valence-corrected chi connectivity index (χ3v) is 4.73. The lowest BCUT2D eigenvalue weighted by molar-refractivity contribution is 0.340. The molecule has 0 amide bonds. The number of ether oxygens (including phenoxy) is 1. The largest absolute Gasteiger partial charge is 0.492 e. The average Bonchev–Trinajstić information content (AvgIpc) is 2.43. The molecule has 0 atom stereocenters. The Morgan fingerprint density at radius 1 is 1.40 bits per heavy atom. The molecule has 6 nitrogen and oxygen atoms in total. The number of piperazine rings is 1. The summed E-state index contributed by atoms with van der Waals surface area (Å²) >= 11 is 6.04. The SMILES string of the molecule is CCOc1ccc(NS(=O)(=O)N2CCNCC2)cc1Cl. The van der Waals surface area contributed by atoms with Crippen LogP contribution in [-0.4, -0.2) is 45.5 Å². The van der Waals surface area contributed by atoms with Crippen LogP contribution in [0, 0.1) is 0 Å². The molecule has 1 fully saturated rings. The van der Waals surface area contributed by atoms with Crippen molar-refractivity contribution >= 4 is 27.5 Å². The Balaban J connectivity index is 2.10. The lowest BCUT2D eigenvalue weighted by Crippen LogP contribution is -2.48. The normalized spacial score (nSPS) is 16.9. The standard InChI is InChI=1S/C12H18ClN3O3S/c1-2-19-12-4-3-10(9-11(12)13)15-20(17,18)16-7-5-14-6-8-16/h3-4,9,14-15H,2,5-8H2,1H3. The molecule has 1 aromatic carbocycles. The van der Waals surface area contributed by atoms with Crippen molar-refractivity contribution in [2.45, 2.75) is 6.92 Å². The molecule has 1 aliphatic rings. The van der Waals surface area contributed by atoms with Gasteiger partial charge in [0.05, 0.1) is 17.3 Å². The van der Waals surface area contributed by atoms with Crippen LogP contribution in [0.25, 0.3) is 0 Å². The van der Waals surface area contributed by atoms with Crippen molar-refractivity contribution in [2.75, 3.05) is 37.5 Å². The van der Waals surface area contributed by atoms with Crippen LogP contribution < -0.4 is 14.8 Å². The summed E-state index contributed by atoms with van der Waals surface area (Å²) < 4.78 is 33.6. The highest BCUT2D eigenvalue weighted by Crippen LogP contribution is 2.28. The molecule has 0 saturated carbocycles. The lowest BCUT2D eigenvalue weighted by Gasteiger charge is -2.26. The highest BCUT2D eigenvalue weighted by molar-refractivity contribution is 7.90. The van der Waals surface area contributed by atoms with Crippen LogP contribution in [0.2, 0.25) is 5.02 Å². The first-order chi connectivity index (χ1) is 9.53. The molecule has 0 radical (unpaired) electrons. The fourth-order valence-electron chi connectivity index (χ4n) is 1.94. The molecule has 1 heterocycles. The van der Waals surface area contributed by atoms with Crippen molar-refractivity contribution in [3.05, 3.63) is 23.2 Å². The Labute approximate surface area is 124 Å². The molecule has 20 heavy (non-hydrogen) atoms. The first-order valence-electron chi connectivity index (χ1n) is 6.44. The van der Waals surface area contributed by atoms with E-state index in [2.05, 4.69) is 10.0 Å². The van der Waals surface area contributed by atoms with E-state index in [0.717, 1.165) is 0 Å². The molecule has 112 valence electrons. The van der Waals surface area contributed by atoms with E-state index in [-0.39, 0.29) is 0 Å². The summed E-state index contributed by atoms with van der Waals surface area (Å²) in [6.07, 6.45) is 0. The van der Waals surface area contributed by atoms with E-state index in [4.69, 9.17) is 16.3 Å². The number of benzene rings is 1. The molecule has 1 saturated heterocycles. The molecular formula is C12H18ClN3O3S. The van der Waals surface area contributed by atoms with E-state index in [1.165, 1.54) is 4.31 Å². The number of nitrogens with one attached hydrogen (secondary N) is 2. The van der Waals surface area contributed by atoms with Gasteiger partial charge in [-0.05, 0) is 25.1 Å². The smallest absolute Gasteiger partial charge is 0.301 e. The Morgan fingerprint density at radius 2 is 2.10 bits per heavy atom. The third kappa shape index (κ3) is 3.76. The van der Waals surface area contributed by atoms with E-state index in [9.17, 15) is 8.42 Å². The van der Waals surface area contributed by atoms with Gasteiger partial charge in [-0.15, -0.1) is 0 Å². The minimum Gasteiger partial charge on any atom is -0.492 e. The number of nitrogens with zero attached hydrogens (tertiary/aromatic N) is 1. The second-order valence-corrected chi connectivity index (χ2v) is 6.41. The molecule has 2 rings (SSSR count). The van der Waals surface area contributed by atoms with Crippen LogP contribution in [0.15, 0.2) is 18.2 Å². The maximum atomic E-state index is 12.2. The average molecular weight is 320 g/mol. The van der Waals surface area contributed by atoms with Crippen LogP contribution in [-0.2, 0) is 10.2 Å². The number of rotatable bonds is 5. The zero-order valence-corrected chi connectivity index (χ0v) is 12.8. The number of anilines is 1. The van der Waals surface area contributed by atoms with E-state index in [1.807, 2.05) is 6.92 Å². The topological polar surface area (TPSA) is 70.7 Å². The van der Waals surface area contributed by atoms with Gasteiger partial charge in [-0.25, -0.2) is 0 Å². The molecule has 0 spiro atoms. The summed E-state index contributed by atoms with van der Waals surface area (Å²) in [6, 6.07) is 4.84. The zero-order chi connectivity index (χ0) is 14.6. The minimum atomic E-state index is -3.53. The molecule has 0 unspecified atom stereocenters. The highest BCUT2D eigenvalue weighted by atomic mass is 35.5. The summed E-state index contributed by atoms with van der Waals surface area (Å²) in [6.45, 7) is 4.60. The first kappa shape index (κ1) is 15.4. The quantitative estimate of drug-likeness (QED) is 0.858. The van der Waals surface area contributed by atoms with E-state index in [0.29, 0.717) is 49.2 Å². The molecule has 2 N–H and O–H groups in total. The van der Waals surface area contributed by atoms with Gasteiger partial charge in [0.1, 0.15) is 5.75 Å². The molecule has 0 bridgehead atoms. The Hall–Kier alpha value is -1.02. The second kappa shape index (κ2) is 6.62. The first-order valence-corrected chi connectivity index (χ1v) is 8.25. The fourth-order valence-corrected chi connectivity index (χ4v) is 3.39. The summed E-state index contributed by atoms with van der Waals surface area (Å²) in [5.74, 6) is 0.541. The van der Waals surface area contributed by atoms with Crippen molar-refractivity contribution in [3.63, 3.8) is 0 Å². The van der Waals surface area contributed by atoms with Gasteiger partial charge < -0.3 is 10.1 Å². The van der Waals surface area contributed by atoms with Gasteiger partial charge in [-0.2, -0.15) is 12.7 Å². The van der Waals surface area contributed by atoms with Crippen molar-refractivity contribution < 1.29 is 13.2 Å². The van der Waals surface area contributed by atoms with Crippen LogP contribution in [0.3, 0.4) is 0 Å². The number of hydrogen-bond acceptors (Lipinski definition) is 4. The van der Waals surface area contributed by atoms with Crippen LogP contribution >= 0.6 is 11.6 Å². The highest BCUT2D eigenvalue weighted by Gasteiger charge is 2.23. The van der Waals surface area contributed by atoms with Gasteiger partial charge in [0.2, 0.25) is 0 Å². The molecule has 0 aromatic heterocycles. The van der Waals surface area contributed by atoms with E-state index in [1.54, 1.807) is 18.2 Å². The van der Waals surface area contributed by atoms with Crippen LogP contribution in [0.5, 0.6) is 5.75 Å². The second-order valence-electron chi connectivity index (χ2n) is 4.33. The maximum absolute atomic E-state index is 12.2. The van der Waals surface area contributed by atoms with Gasteiger partial charge >= 0.3 is 10.2 Å². The minimum absolute atomic E-state index is 0.382. The van der Waals surface area contributed by atoms with E-state index < -0.39 is 10.2 Å². The number of halogens is 1. The fraction of sp³-hybridized carbons (Fsp3) is 0.500. The molecule has 0 aliphatic carbocycles. The van der Waals surface area contributed by atoms with Crippen LogP contribution in [0.4, 0.5) is 5.69 Å². The summed E-state index contributed by atoms with van der Waals surface area (Å²) in [7, 11) is -3.53. The monoisotopic (exact) mass is 319 g/mol. The molecule has 1 aromatic rings. The lowest BCUT2D eigenvalue weighted by atomic mass is 10.3.